The minimum absolute atomic E-state index is 0.412. The van der Waals surface area contributed by atoms with E-state index in [9.17, 15) is 0 Å². The SMILES string of the molecule is Cc1cc(Br)ccc1Cn1nnnc1C1CCOCC1. The van der Waals surface area contributed by atoms with Crippen LogP contribution in [0.2, 0.25) is 0 Å². The Morgan fingerprint density at radius 1 is 1.35 bits per heavy atom. The third-order valence-electron chi connectivity index (χ3n) is 3.77. The van der Waals surface area contributed by atoms with E-state index in [4.69, 9.17) is 4.74 Å². The lowest BCUT2D eigenvalue weighted by molar-refractivity contribution is 0.0826. The molecule has 2 heterocycles. The van der Waals surface area contributed by atoms with E-state index in [1.54, 1.807) is 0 Å². The Morgan fingerprint density at radius 2 is 2.15 bits per heavy atom. The maximum atomic E-state index is 5.41. The lowest BCUT2D eigenvalue weighted by Gasteiger charge is -2.21. The van der Waals surface area contributed by atoms with Crippen molar-refractivity contribution in [2.45, 2.75) is 32.2 Å². The standard InChI is InChI=1S/C14H17BrN4O/c1-10-8-13(15)3-2-12(10)9-19-14(16-17-18-19)11-4-6-20-7-5-11/h2-3,8,11H,4-7,9H2,1H3. The maximum Gasteiger partial charge on any atom is 0.154 e. The number of nitrogens with zero attached hydrogens (tertiary/aromatic N) is 4. The molecule has 0 spiro atoms. The minimum Gasteiger partial charge on any atom is -0.381 e. The second kappa shape index (κ2) is 6.01. The quantitative estimate of drug-likeness (QED) is 0.864. The van der Waals surface area contributed by atoms with Crippen LogP contribution in [0.5, 0.6) is 0 Å². The molecule has 0 unspecified atom stereocenters. The molecule has 0 bridgehead atoms. The van der Waals surface area contributed by atoms with Gasteiger partial charge in [-0.3, -0.25) is 0 Å². The number of aromatic nitrogens is 4. The summed E-state index contributed by atoms with van der Waals surface area (Å²) in [5.74, 6) is 1.39. The summed E-state index contributed by atoms with van der Waals surface area (Å²) in [4.78, 5) is 0. The number of benzene rings is 1. The Labute approximate surface area is 126 Å². The van der Waals surface area contributed by atoms with Crippen LogP contribution in [0.15, 0.2) is 22.7 Å². The van der Waals surface area contributed by atoms with E-state index in [1.807, 2.05) is 4.68 Å². The smallest absolute Gasteiger partial charge is 0.154 e. The van der Waals surface area contributed by atoms with Crippen LogP contribution in [0, 0.1) is 6.92 Å². The fraction of sp³-hybridized carbons (Fsp3) is 0.500. The van der Waals surface area contributed by atoms with Gasteiger partial charge in [0, 0.05) is 23.6 Å². The lowest BCUT2D eigenvalue weighted by Crippen LogP contribution is -2.19. The summed E-state index contributed by atoms with van der Waals surface area (Å²) in [5.41, 5.74) is 2.49. The first kappa shape index (κ1) is 13.7. The van der Waals surface area contributed by atoms with Crippen LogP contribution in [0.1, 0.15) is 35.7 Å². The molecule has 0 N–H and O–H groups in total. The van der Waals surface area contributed by atoms with Crippen LogP contribution in [-0.2, 0) is 11.3 Å². The molecule has 0 aliphatic carbocycles. The van der Waals surface area contributed by atoms with Gasteiger partial charge in [-0.15, -0.1) is 5.10 Å². The highest BCUT2D eigenvalue weighted by atomic mass is 79.9. The van der Waals surface area contributed by atoms with E-state index < -0.39 is 0 Å². The molecule has 2 aromatic rings. The molecule has 0 amide bonds. The van der Waals surface area contributed by atoms with Crippen molar-refractivity contribution in [1.29, 1.82) is 0 Å². The maximum absolute atomic E-state index is 5.41. The van der Waals surface area contributed by atoms with E-state index in [0.717, 1.165) is 42.9 Å². The number of halogens is 1. The van der Waals surface area contributed by atoms with Gasteiger partial charge >= 0.3 is 0 Å². The number of rotatable bonds is 3. The molecule has 1 fully saturated rings. The van der Waals surface area contributed by atoms with Crippen molar-refractivity contribution in [3.63, 3.8) is 0 Å². The second-order valence-electron chi connectivity index (χ2n) is 5.15. The van der Waals surface area contributed by atoms with Gasteiger partial charge in [0.25, 0.3) is 0 Å². The first-order valence-corrected chi connectivity index (χ1v) is 7.62. The minimum atomic E-state index is 0.412. The zero-order valence-corrected chi connectivity index (χ0v) is 13.0. The van der Waals surface area contributed by atoms with Crippen LogP contribution in [0.3, 0.4) is 0 Å². The summed E-state index contributed by atoms with van der Waals surface area (Å²) in [6.07, 6.45) is 2.00. The lowest BCUT2D eigenvalue weighted by atomic mass is 9.99. The van der Waals surface area contributed by atoms with Gasteiger partial charge < -0.3 is 4.74 Å². The Hall–Kier alpha value is -1.27. The molecule has 106 valence electrons. The van der Waals surface area contributed by atoms with Crippen LogP contribution in [0.4, 0.5) is 0 Å². The molecular formula is C14H17BrN4O. The van der Waals surface area contributed by atoms with Gasteiger partial charge in [-0.1, -0.05) is 22.0 Å². The van der Waals surface area contributed by atoms with Gasteiger partial charge in [0.15, 0.2) is 5.82 Å². The van der Waals surface area contributed by atoms with Crippen molar-refractivity contribution in [2.75, 3.05) is 13.2 Å². The summed E-state index contributed by atoms with van der Waals surface area (Å²) >= 11 is 3.49. The fourth-order valence-electron chi connectivity index (χ4n) is 2.57. The largest absolute Gasteiger partial charge is 0.381 e. The summed E-state index contributed by atoms with van der Waals surface area (Å²) in [7, 11) is 0. The molecule has 1 aliphatic rings. The zero-order chi connectivity index (χ0) is 13.9. The summed E-state index contributed by atoms with van der Waals surface area (Å²) in [5, 5.41) is 12.2. The highest BCUT2D eigenvalue weighted by Gasteiger charge is 2.22. The molecule has 0 saturated carbocycles. The third kappa shape index (κ3) is 2.91. The number of tetrazole rings is 1. The molecule has 0 radical (unpaired) electrons. The first-order valence-electron chi connectivity index (χ1n) is 6.83. The van der Waals surface area contributed by atoms with Crippen molar-refractivity contribution in [3.05, 3.63) is 39.6 Å². The van der Waals surface area contributed by atoms with Crippen molar-refractivity contribution < 1.29 is 4.74 Å². The predicted octanol–water partition coefficient (Wildman–Crippen LogP) is 2.69. The zero-order valence-electron chi connectivity index (χ0n) is 11.4. The van der Waals surface area contributed by atoms with Gasteiger partial charge in [0.1, 0.15) is 0 Å². The van der Waals surface area contributed by atoms with Crippen molar-refractivity contribution in [1.82, 2.24) is 20.2 Å². The summed E-state index contributed by atoms with van der Waals surface area (Å²) in [6, 6.07) is 6.30. The number of hydrogen-bond acceptors (Lipinski definition) is 4. The number of hydrogen-bond donors (Lipinski definition) is 0. The van der Waals surface area contributed by atoms with E-state index in [-0.39, 0.29) is 0 Å². The molecule has 6 heteroatoms. The van der Waals surface area contributed by atoms with Gasteiger partial charge in [-0.05, 0) is 53.5 Å². The normalized spacial score (nSPS) is 16.5. The highest BCUT2D eigenvalue weighted by molar-refractivity contribution is 9.10. The van der Waals surface area contributed by atoms with E-state index in [0.29, 0.717) is 5.92 Å². The molecule has 5 nitrogen and oxygen atoms in total. The Balaban J connectivity index is 1.82. The highest BCUT2D eigenvalue weighted by Crippen LogP contribution is 2.25. The van der Waals surface area contributed by atoms with Crippen LogP contribution < -0.4 is 0 Å². The molecule has 3 rings (SSSR count). The van der Waals surface area contributed by atoms with Gasteiger partial charge in [-0.25, -0.2) is 4.68 Å². The third-order valence-corrected chi connectivity index (χ3v) is 4.26. The summed E-state index contributed by atoms with van der Waals surface area (Å²) in [6.45, 7) is 4.43. The van der Waals surface area contributed by atoms with E-state index in [1.165, 1.54) is 11.1 Å². The Bertz CT molecular complexity index is 593. The van der Waals surface area contributed by atoms with E-state index in [2.05, 4.69) is 56.6 Å². The monoisotopic (exact) mass is 336 g/mol. The molecule has 1 aromatic heterocycles. The second-order valence-corrected chi connectivity index (χ2v) is 6.07. The average Bonchev–Trinajstić information content (AvgIpc) is 2.91. The topological polar surface area (TPSA) is 52.8 Å². The molecule has 1 aromatic carbocycles. The Morgan fingerprint density at radius 3 is 2.90 bits per heavy atom. The van der Waals surface area contributed by atoms with Crippen molar-refractivity contribution in [2.24, 2.45) is 0 Å². The van der Waals surface area contributed by atoms with Crippen LogP contribution >= 0.6 is 15.9 Å². The summed E-state index contributed by atoms with van der Waals surface area (Å²) < 4.78 is 8.43. The van der Waals surface area contributed by atoms with Crippen LogP contribution in [-0.4, -0.2) is 33.4 Å². The molecule has 1 aliphatic heterocycles. The molecular weight excluding hydrogens is 320 g/mol. The van der Waals surface area contributed by atoms with Crippen LogP contribution in [0.25, 0.3) is 0 Å². The first-order chi connectivity index (χ1) is 9.74. The molecule has 20 heavy (non-hydrogen) atoms. The number of ether oxygens (including phenoxy) is 1. The molecule has 0 atom stereocenters. The van der Waals surface area contributed by atoms with Gasteiger partial charge in [0.2, 0.25) is 0 Å². The van der Waals surface area contributed by atoms with Gasteiger partial charge in [0.05, 0.1) is 6.54 Å². The Kier molecular flexibility index (Phi) is 4.12. The van der Waals surface area contributed by atoms with E-state index >= 15 is 0 Å². The predicted molar refractivity (Wildman–Crippen MR) is 78.6 cm³/mol. The number of aryl methyl sites for hydroxylation is 1. The van der Waals surface area contributed by atoms with Crippen molar-refractivity contribution >= 4 is 15.9 Å². The average molecular weight is 337 g/mol. The van der Waals surface area contributed by atoms with Crippen molar-refractivity contribution in [3.8, 4) is 0 Å². The fourth-order valence-corrected chi connectivity index (χ4v) is 3.05. The van der Waals surface area contributed by atoms with Gasteiger partial charge in [-0.2, -0.15) is 0 Å². The molecule has 1 saturated heterocycles.